The van der Waals surface area contributed by atoms with E-state index in [1.165, 1.54) is 25.9 Å². The number of rotatable bonds is 2. The number of halogens is 1. The Hall–Kier alpha value is -1.20. The Balaban J connectivity index is 1.60. The normalized spacial score (nSPS) is 28.8. The third kappa shape index (κ3) is 2.19. The predicted molar refractivity (Wildman–Crippen MR) is 81.4 cm³/mol. The van der Waals surface area contributed by atoms with Crippen LogP contribution in [0.1, 0.15) is 18.9 Å². The minimum absolute atomic E-state index is 0.509. The Morgan fingerprint density at radius 1 is 1.10 bits per heavy atom. The molecule has 0 N–H and O–H groups in total. The van der Waals surface area contributed by atoms with Crippen LogP contribution in [-0.2, 0) is 0 Å². The van der Waals surface area contributed by atoms with Gasteiger partial charge in [0.2, 0.25) is 0 Å². The molecule has 3 aliphatic heterocycles. The van der Waals surface area contributed by atoms with E-state index < -0.39 is 0 Å². The van der Waals surface area contributed by atoms with Gasteiger partial charge in [-0.2, -0.15) is 0 Å². The van der Waals surface area contributed by atoms with Crippen molar-refractivity contribution in [2.24, 2.45) is 5.92 Å². The molecule has 4 nitrogen and oxygen atoms in total. The number of nitrogens with zero attached hydrogens (tertiary/aromatic N) is 4. The Bertz CT molecular complexity index is 599. The molecule has 0 spiro atoms. The smallest absolute Gasteiger partial charge is 0.113 e. The van der Waals surface area contributed by atoms with Gasteiger partial charge in [0.05, 0.1) is 12.2 Å². The summed E-state index contributed by atoms with van der Waals surface area (Å²) in [6.45, 7) is 3.65. The van der Waals surface area contributed by atoms with Gasteiger partial charge in [0.15, 0.2) is 0 Å². The Morgan fingerprint density at radius 3 is 2.50 bits per heavy atom. The van der Waals surface area contributed by atoms with Crippen molar-refractivity contribution in [2.45, 2.75) is 18.9 Å². The molecule has 1 aromatic heterocycles. The quantitative estimate of drug-likeness (QED) is 0.847. The third-order valence-corrected chi connectivity index (χ3v) is 5.14. The van der Waals surface area contributed by atoms with Crippen molar-refractivity contribution >= 4 is 15.9 Å². The van der Waals surface area contributed by atoms with Crippen molar-refractivity contribution in [3.05, 3.63) is 34.9 Å². The second-order valence-corrected chi connectivity index (χ2v) is 6.71. The van der Waals surface area contributed by atoms with Crippen LogP contribution in [0.4, 0.5) is 0 Å². The van der Waals surface area contributed by atoms with E-state index in [1.807, 2.05) is 12.1 Å². The van der Waals surface area contributed by atoms with E-state index in [0.29, 0.717) is 6.04 Å². The van der Waals surface area contributed by atoms with Crippen molar-refractivity contribution in [2.75, 3.05) is 19.6 Å². The van der Waals surface area contributed by atoms with Crippen molar-refractivity contribution in [1.29, 1.82) is 0 Å². The SMILES string of the molecule is Brc1ccc(-c2cn([C@H]3CN4CCC3CC4)nn2)cc1. The molecule has 2 aromatic rings. The molecule has 0 saturated carbocycles. The fraction of sp³-hybridized carbons (Fsp3) is 0.467. The third-order valence-electron chi connectivity index (χ3n) is 4.61. The average molecular weight is 333 g/mol. The molecule has 20 heavy (non-hydrogen) atoms. The van der Waals surface area contributed by atoms with Gasteiger partial charge < -0.3 is 4.90 Å². The number of piperidine rings is 3. The van der Waals surface area contributed by atoms with Crippen LogP contribution in [0.5, 0.6) is 0 Å². The van der Waals surface area contributed by atoms with Crippen LogP contribution in [0.25, 0.3) is 11.3 Å². The van der Waals surface area contributed by atoms with E-state index in [2.05, 4.69) is 54.2 Å². The van der Waals surface area contributed by atoms with Gasteiger partial charge in [0.1, 0.15) is 5.69 Å². The van der Waals surface area contributed by atoms with Gasteiger partial charge in [-0.1, -0.05) is 33.3 Å². The van der Waals surface area contributed by atoms with Gasteiger partial charge in [0, 0.05) is 16.6 Å². The number of hydrogen-bond acceptors (Lipinski definition) is 3. The molecule has 1 atom stereocenters. The van der Waals surface area contributed by atoms with Gasteiger partial charge in [-0.15, -0.1) is 5.10 Å². The van der Waals surface area contributed by atoms with Gasteiger partial charge in [-0.05, 0) is 44.0 Å². The van der Waals surface area contributed by atoms with Crippen LogP contribution >= 0.6 is 15.9 Å². The van der Waals surface area contributed by atoms with Crippen molar-refractivity contribution in [1.82, 2.24) is 19.9 Å². The van der Waals surface area contributed by atoms with E-state index in [-0.39, 0.29) is 0 Å². The van der Waals surface area contributed by atoms with Crippen LogP contribution in [-0.4, -0.2) is 39.5 Å². The van der Waals surface area contributed by atoms with Crippen molar-refractivity contribution < 1.29 is 0 Å². The highest BCUT2D eigenvalue weighted by Crippen LogP contribution is 2.35. The van der Waals surface area contributed by atoms with Crippen LogP contribution in [0.3, 0.4) is 0 Å². The summed E-state index contributed by atoms with van der Waals surface area (Å²) in [7, 11) is 0. The number of aromatic nitrogens is 3. The van der Waals surface area contributed by atoms with Crippen molar-refractivity contribution in [3.63, 3.8) is 0 Å². The lowest BCUT2D eigenvalue weighted by Crippen LogP contribution is -2.48. The van der Waals surface area contributed by atoms with E-state index in [1.54, 1.807) is 0 Å². The highest BCUT2D eigenvalue weighted by atomic mass is 79.9. The molecule has 1 aromatic carbocycles. The fourth-order valence-electron chi connectivity index (χ4n) is 3.43. The lowest BCUT2D eigenvalue weighted by atomic mass is 9.84. The highest BCUT2D eigenvalue weighted by molar-refractivity contribution is 9.10. The first-order valence-electron chi connectivity index (χ1n) is 7.20. The highest BCUT2D eigenvalue weighted by Gasteiger charge is 2.35. The summed E-state index contributed by atoms with van der Waals surface area (Å²) < 4.78 is 3.18. The Labute approximate surface area is 126 Å². The maximum atomic E-state index is 4.39. The molecule has 3 saturated heterocycles. The summed E-state index contributed by atoms with van der Waals surface area (Å²) in [5.41, 5.74) is 2.09. The Morgan fingerprint density at radius 2 is 1.85 bits per heavy atom. The predicted octanol–water partition coefficient (Wildman–Crippen LogP) is 2.97. The second-order valence-electron chi connectivity index (χ2n) is 5.80. The fourth-order valence-corrected chi connectivity index (χ4v) is 3.69. The van der Waals surface area contributed by atoms with Crippen LogP contribution in [0.15, 0.2) is 34.9 Å². The zero-order valence-electron chi connectivity index (χ0n) is 11.2. The topological polar surface area (TPSA) is 34.0 Å². The van der Waals surface area contributed by atoms with Crippen LogP contribution in [0, 0.1) is 5.92 Å². The summed E-state index contributed by atoms with van der Waals surface area (Å²) in [4.78, 5) is 2.55. The first-order valence-corrected chi connectivity index (χ1v) is 7.99. The summed E-state index contributed by atoms with van der Waals surface area (Å²) in [5, 5.41) is 8.74. The maximum Gasteiger partial charge on any atom is 0.113 e. The molecule has 104 valence electrons. The van der Waals surface area contributed by atoms with Gasteiger partial charge in [0.25, 0.3) is 0 Å². The molecule has 0 unspecified atom stereocenters. The lowest BCUT2D eigenvalue weighted by Gasteiger charge is -2.44. The standard InChI is InChI=1S/C15H17BrN4/c16-13-3-1-11(2-4-13)14-9-20(18-17-14)15-10-19-7-5-12(15)6-8-19/h1-4,9,12,15H,5-8,10H2/t15-/m0/s1. The van der Waals surface area contributed by atoms with Crippen LogP contribution in [0.2, 0.25) is 0 Å². The molecule has 0 radical (unpaired) electrons. The minimum atomic E-state index is 0.509. The number of fused-ring (bicyclic) bond motifs is 3. The second kappa shape index (κ2) is 4.97. The lowest BCUT2D eigenvalue weighted by molar-refractivity contribution is 0.0504. The summed E-state index contributed by atoms with van der Waals surface area (Å²) in [6.07, 6.45) is 4.71. The molecule has 4 heterocycles. The minimum Gasteiger partial charge on any atom is -0.301 e. The maximum absolute atomic E-state index is 4.39. The number of benzene rings is 1. The van der Waals surface area contributed by atoms with Gasteiger partial charge in [-0.25, -0.2) is 4.68 Å². The van der Waals surface area contributed by atoms with Crippen LogP contribution < -0.4 is 0 Å². The first kappa shape index (κ1) is 12.5. The molecule has 0 aliphatic carbocycles. The monoisotopic (exact) mass is 332 g/mol. The average Bonchev–Trinajstić information content (AvgIpc) is 2.99. The zero-order valence-corrected chi connectivity index (χ0v) is 12.8. The van der Waals surface area contributed by atoms with Crippen molar-refractivity contribution in [3.8, 4) is 11.3 Å². The molecular formula is C15H17BrN4. The van der Waals surface area contributed by atoms with E-state index in [9.17, 15) is 0 Å². The molecule has 5 heteroatoms. The van der Waals surface area contributed by atoms with E-state index >= 15 is 0 Å². The summed E-state index contributed by atoms with van der Waals surface area (Å²) in [6, 6.07) is 8.75. The van der Waals surface area contributed by atoms with Gasteiger partial charge in [-0.3, -0.25) is 0 Å². The number of hydrogen-bond donors (Lipinski definition) is 0. The summed E-state index contributed by atoms with van der Waals surface area (Å²) >= 11 is 3.46. The van der Waals surface area contributed by atoms with E-state index in [0.717, 1.165) is 28.2 Å². The largest absolute Gasteiger partial charge is 0.301 e. The molecule has 2 bridgehead atoms. The molecule has 3 fully saturated rings. The first-order chi connectivity index (χ1) is 9.79. The van der Waals surface area contributed by atoms with Gasteiger partial charge >= 0.3 is 0 Å². The Kier molecular flexibility index (Phi) is 3.11. The molecule has 5 rings (SSSR count). The zero-order chi connectivity index (χ0) is 13.5. The molecule has 3 aliphatic rings. The summed E-state index contributed by atoms with van der Waals surface area (Å²) in [5.74, 6) is 0.777. The molecule has 0 amide bonds. The van der Waals surface area contributed by atoms with E-state index in [4.69, 9.17) is 0 Å². The molecular weight excluding hydrogens is 316 g/mol.